The third kappa shape index (κ3) is 2.38. The minimum atomic E-state index is 0.285. The van der Waals surface area contributed by atoms with Gasteiger partial charge in [-0.15, -0.1) is 0 Å². The molecule has 1 aromatic heterocycles. The first-order valence-electron chi connectivity index (χ1n) is 6.02. The van der Waals surface area contributed by atoms with Crippen LogP contribution in [0.15, 0.2) is 12.3 Å². The minimum absolute atomic E-state index is 0.285. The van der Waals surface area contributed by atoms with Crippen LogP contribution in [0, 0.1) is 0 Å². The highest BCUT2D eigenvalue weighted by Crippen LogP contribution is 2.19. The van der Waals surface area contributed by atoms with Gasteiger partial charge in [0.2, 0.25) is 0 Å². The summed E-state index contributed by atoms with van der Waals surface area (Å²) in [4.78, 5) is 2.30. The van der Waals surface area contributed by atoms with E-state index in [1.54, 1.807) is 0 Å². The summed E-state index contributed by atoms with van der Waals surface area (Å²) in [5, 5.41) is 4.59. The van der Waals surface area contributed by atoms with Crippen LogP contribution in [0.5, 0.6) is 0 Å². The average molecular weight is 223 g/mol. The molecule has 0 radical (unpaired) electrons. The number of hydrogen-bond acceptors (Lipinski definition) is 3. The molecule has 0 amide bonds. The molecule has 0 spiro atoms. The molecular weight excluding hydrogens is 202 g/mol. The molecular formula is C12H21N3O. The molecule has 90 valence electrons. The summed E-state index contributed by atoms with van der Waals surface area (Å²) < 4.78 is 7.72. The molecule has 0 aliphatic carbocycles. The molecule has 2 rings (SSSR count). The summed E-state index contributed by atoms with van der Waals surface area (Å²) in [6.07, 6.45) is 2.62. The number of aromatic nitrogens is 2. The van der Waals surface area contributed by atoms with Gasteiger partial charge in [0.15, 0.2) is 5.82 Å². The predicted octanol–water partition coefficient (Wildman–Crippen LogP) is 2.08. The quantitative estimate of drug-likeness (QED) is 0.769. The van der Waals surface area contributed by atoms with Gasteiger partial charge >= 0.3 is 0 Å². The van der Waals surface area contributed by atoms with Gasteiger partial charge < -0.3 is 9.64 Å². The first kappa shape index (κ1) is 11.5. The molecule has 1 aliphatic rings. The van der Waals surface area contributed by atoms with Crippen LogP contribution in [0.1, 0.15) is 33.7 Å². The summed E-state index contributed by atoms with van der Waals surface area (Å²) in [7, 11) is 0. The molecule has 4 nitrogen and oxygen atoms in total. The van der Waals surface area contributed by atoms with E-state index in [1.165, 1.54) is 0 Å². The number of hydrogen-bond donors (Lipinski definition) is 0. The van der Waals surface area contributed by atoms with Gasteiger partial charge in [-0.3, -0.25) is 4.68 Å². The average Bonchev–Trinajstić information content (AvgIpc) is 2.64. The van der Waals surface area contributed by atoms with Crippen molar-refractivity contribution in [1.29, 1.82) is 0 Å². The summed E-state index contributed by atoms with van der Waals surface area (Å²) in [6.45, 7) is 10.4. The molecule has 0 N–H and O–H groups in total. The van der Waals surface area contributed by atoms with E-state index < -0.39 is 0 Å². The Hall–Kier alpha value is -1.03. The second-order valence-corrected chi connectivity index (χ2v) is 4.91. The zero-order valence-electron chi connectivity index (χ0n) is 10.6. The number of anilines is 1. The molecule has 1 fully saturated rings. The molecule has 1 aromatic rings. The third-order valence-corrected chi connectivity index (χ3v) is 2.87. The van der Waals surface area contributed by atoms with Crippen molar-refractivity contribution >= 4 is 5.82 Å². The molecule has 0 aromatic carbocycles. The van der Waals surface area contributed by atoms with Gasteiger partial charge in [0.25, 0.3) is 0 Å². The molecule has 0 bridgehead atoms. The van der Waals surface area contributed by atoms with Gasteiger partial charge in [0.05, 0.1) is 12.2 Å². The van der Waals surface area contributed by atoms with E-state index in [4.69, 9.17) is 4.74 Å². The van der Waals surface area contributed by atoms with Crippen LogP contribution in [0.2, 0.25) is 0 Å². The topological polar surface area (TPSA) is 30.3 Å². The number of morpholine rings is 1. The molecule has 16 heavy (non-hydrogen) atoms. The highest BCUT2D eigenvalue weighted by Gasteiger charge is 2.23. The van der Waals surface area contributed by atoms with E-state index in [0.29, 0.717) is 6.04 Å². The molecule has 1 aliphatic heterocycles. The van der Waals surface area contributed by atoms with Crippen LogP contribution in [0.3, 0.4) is 0 Å². The van der Waals surface area contributed by atoms with Crippen LogP contribution in [0.25, 0.3) is 0 Å². The van der Waals surface area contributed by atoms with Gasteiger partial charge in [-0.1, -0.05) is 0 Å². The van der Waals surface area contributed by atoms with Crippen LogP contribution in [-0.2, 0) is 4.74 Å². The first-order valence-corrected chi connectivity index (χ1v) is 6.02. The standard InChI is InChI=1S/C12H21N3O/c1-9(2)15-6-5-12(13-15)14-7-10(3)16-11(4)8-14/h5-6,9-11H,7-8H2,1-4H3/t10-,11+. The number of ether oxygens (including phenoxy) is 1. The van der Waals surface area contributed by atoms with Crippen LogP contribution >= 0.6 is 0 Å². The summed E-state index contributed by atoms with van der Waals surface area (Å²) >= 11 is 0. The summed E-state index contributed by atoms with van der Waals surface area (Å²) in [6, 6.07) is 2.51. The van der Waals surface area contributed by atoms with E-state index in [-0.39, 0.29) is 12.2 Å². The Labute approximate surface area is 97.2 Å². The van der Waals surface area contributed by atoms with Gasteiger partial charge in [0, 0.05) is 31.4 Å². The zero-order chi connectivity index (χ0) is 11.7. The number of rotatable bonds is 2. The first-order chi connectivity index (χ1) is 7.56. The molecule has 0 unspecified atom stereocenters. The lowest BCUT2D eigenvalue weighted by atomic mass is 10.2. The Kier molecular flexibility index (Phi) is 3.19. The Morgan fingerprint density at radius 3 is 2.44 bits per heavy atom. The molecule has 4 heteroatoms. The van der Waals surface area contributed by atoms with Crippen molar-refractivity contribution in [1.82, 2.24) is 9.78 Å². The fourth-order valence-corrected chi connectivity index (χ4v) is 2.15. The number of nitrogens with zero attached hydrogens (tertiary/aromatic N) is 3. The molecule has 2 heterocycles. The van der Waals surface area contributed by atoms with Crippen LogP contribution < -0.4 is 4.90 Å². The van der Waals surface area contributed by atoms with Crippen molar-refractivity contribution in [2.45, 2.75) is 45.9 Å². The Morgan fingerprint density at radius 1 is 1.31 bits per heavy atom. The van der Waals surface area contributed by atoms with Crippen LogP contribution in [-0.4, -0.2) is 35.1 Å². The second kappa shape index (κ2) is 4.45. The minimum Gasteiger partial charge on any atom is -0.372 e. The Morgan fingerprint density at radius 2 is 1.94 bits per heavy atom. The van der Waals surface area contributed by atoms with Gasteiger partial charge in [-0.2, -0.15) is 5.10 Å². The normalized spacial score (nSPS) is 26.4. The highest BCUT2D eigenvalue weighted by atomic mass is 16.5. The fraction of sp³-hybridized carbons (Fsp3) is 0.750. The summed E-state index contributed by atoms with van der Waals surface area (Å²) in [5.74, 6) is 1.07. The van der Waals surface area contributed by atoms with E-state index >= 15 is 0 Å². The van der Waals surface area contributed by atoms with E-state index in [0.717, 1.165) is 18.9 Å². The maximum Gasteiger partial charge on any atom is 0.150 e. The van der Waals surface area contributed by atoms with E-state index in [9.17, 15) is 0 Å². The third-order valence-electron chi connectivity index (χ3n) is 2.87. The largest absolute Gasteiger partial charge is 0.372 e. The highest BCUT2D eigenvalue weighted by molar-refractivity contribution is 5.37. The lowest BCUT2D eigenvalue weighted by molar-refractivity contribution is -0.00549. The van der Waals surface area contributed by atoms with Crippen molar-refractivity contribution in [3.05, 3.63) is 12.3 Å². The van der Waals surface area contributed by atoms with Gasteiger partial charge in [-0.25, -0.2) is 0 Å². The van der Waals surface area contributed by atoms with E-state index in [2.05, 4.69) is 43.8 Å². The monoisotopic (exact) mass is 223 g/mol. The van der Waals surface area contributed by atoms with Crippen molar-refractivity contribution in [3.63, 3.8) is 0 Å². The summed E-state index contributed by atoms with van der Waals surface area (Å²) in [5.41, 5.74) is 0. The van der Waals surface area contributed by atoms with Gasteiger partial charge in [0.1, 0.15) is 0 Å². The lowest BCUT2D eigenvalue weighted by Crippen LogP contribution is -2.45. The Balaban J connectivity index is 2.10. The van der Waals surface area contributed by atoms with E-state index in [1.807, 2.05) is 10.9 Å². The van der Waals surface area contributed by atoms with Crippen LogP contribution in [0.4, 0.5) is 5.82 Å². The van der Waals surface area contributed by atoms with Crippen molar-refractivity contribution < 1.29 is 4.74 Å². The SMILES string of the molecule is CC(C)n1ccc(N2C[C@@H](C)O[C@@H](C)C2)n1. The smallest absolute Gasteiger partial charge is 0.150 e. The van der Waals surface area contributed by atoms with Crippen molar-refractivity contribution in [3.8, 4) is 0 Å². The van der Waals surface area contributed by atoms with Gasteiger partial charge in [-0.05, 0) is 27.7 Å². The predicted molar refractivity (Wildman–Crippen MR) is 64.8 cm³/mol. The second-order valence-electron chi connectivity index (χ2n) is 4.91. The lowest BCUT2D eigenvalue weighted by Gasteiger charge is -2.35. The zero-order valence-corrected chi connectivity index (χ0v) is 10.6. The maximum atomic E-state index is 5.72. The van der Waals surface area contributed by atoms with Crippen molar-refractivity contribution in [2.24, 2.45) is 0 Å². The maximum absolute atomic E-state index is 5.72. The molecule has 0 saturated carbocycles. The van der Waals surface area contributed by atoms with Crippen molar-refractivity contribution in [2.75, 3.05) is 18.0 Å². The molecule has 2 atom stereocenters. The fourth-order valence-electron chi connectivity index (χ4n) is 2.15. The molecule has 1 saturated heterocycles. The Bertz CT molecular complexity index is 338.